The van der Waals surface area contributed by atoms with E-state index in [1.807, 2.05) is 0 Å². The Bertz CT molecular complexity index is 500. The summed E-state index contributed by atoms with van der Waals surface area (Å²) in [7, 11) is 3.05. The summed E-state index contributed by atoms with van der Waals surface area (Å²) in [5.41, 5.74) is 2.27. The van der Waals surface area contributed by atoms with Gasteiger partial charge in [0.1, 0.15) is 0 Å². The average molecular weight is 279 g/mol. The molecule has 0 aliphatic carbocycles. The number of ether oxygens (including phenoxy) is 2. The lowest BCUT2D eigenvalue weighted by atomic mass is 10.1. The summed E-state index contributed by atoms with van der Waals surface area (Å²) in [5, 5.41) is 17.3. The second-order valence-electron chi connectivity index (χ2n) is 4.08. The fourth-order valence-electron chi connectivity index (χ4n) is 1.79. The van der Waals surface area contributed by atoms with Gasteiger partial charge in [-0.2, -0.15) is 11.3 Å². The Morgan fingerprint density at radius 2 is 1.74 bits per heavy atom. The Morgan fingerprint density at radius 3 is 2.26 bits per heavy atom. The lowest BCUT2D eigenvalue weighted by molar-refractivity contribution is 0.339. The summed E-state index contributed by atoms with van der Waals surface area (Å²) in [6, 6.07) is 5.70. The number of hydrogen-bond acceptors (Lipinski definition) is 5. The van der Waals surface area contributed by atoms with Gasteiger partial charge in [-0.3, -0.25) is 0 Å². The predicted molar refractivity (Wildman–Crippen MR) is 76.1 cm³/mol. The van der Waals surface area contributed by atoms with Gasteiger partial charge in [0.05, 0.1) is 14.2 Å². The number of rotatable bonds is 6. The zero-order valence-electron chi connectivity index (χ0n) is 11.0. The Kier molecular flexibility index (Phi) is 4.65. The largest absolute Gasteiger partial charge is 0.502 e. The number of hydrogen-bond donors (Lipinski definition) is 2. The standard InChI is InChI=1S/C14H17NO3S/c1-17-12-5-11(6-13(18-2)14(12)16)8-15-7-10-3-4-19-9-10/h3-6,9,15-16H,7-8H2,1-2H3. The fraction of sp³-hybridized carbons (Fsp3) is 0.286. The third kappa shape index (κ3) is 3.39. The molecule has 1 heterocycles. The van der Waals surface area contributed by atoms with Crippen molar-refractivity contribution >= 4 is 11.3 Å². The first-order valence-electron chi connectivity index (χ1n) is 5.90. The van der Waals surface area contributed by atoms with Gasteiger partial charge in [0, 0.05) is 13.1 Å². The molecule has 0 spiro atoms. The third-order valence-electron chi connectivity index (χ3n) is 2.78. The van der Waals surface area contributed by atoms with E-state index in [1.54, 1.807) is 23.5 Å². The first kappa shape index (κ1) is 13.7. The van der Waals surface area contributed by atoms with Gasteiger partial charge >= 0.3 is 0 Å². The fourth-order valence-corrected chi connectivity index (χ4v) is 2.46. The Balaban J connectivity index is 2.03. The number of benzene rings is 1. The zero-order valence-corrected chi connectivity index (χ0v) is 11.8. The maximum absolute atomic E-state index is 9.82. The summed E-state index contributed by atoms with van der Waals surface area (Å²) in [6.45, 7) is 1.50. The van der Waals surface area contributed by atoms with Crippen molar-refractivity contribution < 1.29 is 14.6 Å². The molecule has 102 valence electrons. The van der Waals surface area contributed by atoms with Crippen LogP contribution in [0.25, 0.3) is 0 Å². The van der Waals surface area contributed by atoms with Crippen LogP contribution in [0.1, 0.15) is 11.1 Å². The molecule has 1 aromatic heterocycles. The first-order chi connectivity index (χ1) is 9.24. The van der Waals surface area contributed by atoms with E-state index in [4.69, 9.17) is 9.47 Å². The minimum absolute atomic E-state index is 0.0339. The van der Waals surface area contributed by atoms with Gasteiger partial charge in [-0.15, -0.1) is 0 Å². The van der Waals surface area contributed by atoms with Crippen molar-refractivity contribution in [1.29, 1.82) is 0 Å². The quantitative estimate of drug-likeness (QED) is 0.853. The van der Waals surface area contributed by atoms with Crippen LogP contribution in [-0.4, -0.2) is 19.3 Å². The molecule has 0 bridgehead atoms. The topological polar surface area (TPSA) is 50.7 Å². The lowest BCUT2D eigenvalue weighted by Crippen LogP contribution is -2.12. The number of thiophene rings is 1. The van der Waals surface area contributed by atoms with Crippen molar-refractivity contribution in [1.82, 2.24) is 5.32 Å². The van der Waals surface area contributed by atoms with Crippen molar-refractivity contribution in [3.8, 4) is 17.2 Å². The molecule has 0 saturated heterocycles. The van der Waals surface area contributed by atoms with Crippen molar-refractivity contribution in [2.75, 3.05) is 14.2 Å². The third-order valence-corrected chi connectivity index (χ3v) is 3.51. The van der Waals surface area contributed by atoms with Gasteiger partial charge in [-0.1, -0.05) is 0 Å². The number of phenolic OH excluding ortho intramolecular Hbond substituents is 1. The molecular formula is C14H17NO3S. The molecule has 0 aliphatic rings. The summed E-state index contributed by atoms with van der Waals surface area (Å²) in [6.07, 6.45) is 0. The van der Waals surface area contributed by atoms with Crippen LogP contribution >= 0.6 is 11.3 Å². The van der Waals surface area contributed by atoms with Gasteiger partial charge in [0.25, 0.3) is 0 Å². The van der Waals surface area contributed by atoms with Crippen LogP contribution in [0, 0.1) is 0 Å². The van der Waals surface area contributed by atoms with E-state index in [2.05, 4.69) is 22.1 Å². The Labute approximate surface area is 116 Å². The van der Waals surface area contributed by atoms with Gasteiger partial charge in [0.2, 0.25) is 5.75 Å². The second-order valence-corrected chi connectivity index (χ2v) is 4.86. The van der Waals surface area contributed by atoms with Crippen molar-refractivity contribution in [2.45, 2.75) is 13.1 Å². The van der Waals surface area contributed by atoms with Crippen LogP contribution in [0.15, 0.2) is 29.0 Å². The summed E-state index contributed by atoms with van der Waals surface area (Å²) in [5.74, 6) is 0.880. The highest BCUT2D eigenvalue weighted by atomic mass is 32.1. The molecule has 0 fully saturated rings. The number of methoxy groups -OCH3 is 2. The van der Waals surface area contributed by atoms with Gasteiger partial charge in [-0.05, 0) is 40.1 Å². The molecule has 2 rings (SSSR count). The molecule has 0 aliphatic heterocycles. The minimum Gasteiger partial charge on any atom is -0.502 e. The van der Waals surface area contributed by atoms with E-state index in [-0.39, 0.29) is 5.75 Å². The molecule has 4 nitrogen and oxygen atoms in total. The van der Waals surface area contributed by atoms with Crippen molar-refractivity contribution in [2.24, 2.45) is 0 Å². The second kappa shape index (κ2) is 6.45. The van der Waals surface area contributed by atoms with Crippen LogP contribution in [0.2, 0.25) is 0 Å². The maximum atomic E-state index is 9.82. The smallest absolute Gasteiger partial charge is 0.200 e. The molecule has 1 aromatic carbocycles. The van der Waals surface area contributed by atoms with Gasteiger partial charge in [0.15, 0.2) is 11.5 Å². The molecule has 0 unspecified atom stereocenters. The zero-order chi connectivity index (χ0) is 13.7. The monoisotopic (exact) mass is 279 g/mol. The molecule has 19 heavy (non-hydrogen) atoms. The molecule has 2 N–H and O–H groups in total. The van der Waals surface area contributed by atoms with E-state index in [1.165, 1.54) is 19.8 Å². The van der Waals surface area contributed by atoms with E-state index in [0.29, 0.717) is 18.0 Å². The molecule has 2 aromatic rings. The molecule has 0 amide bonds. The predicted octanol–water partition coefficient (Wildman–Crippen LogP) is 2.76. The Morgan fingerprint density at radius 1 is 1.11 bits per heavy atom. The van der Waals surface area contributed by atoms with E-state index in [9.17, 15) is 5.11 Å². The molecule has 5 heteroatoms. The molecule has 0 radical (unpaired) electrons. The highest BCUT2D eigenvalue weighted by molar-refractivity contribution is 7.07. The van der Waals surface area contributed by atoms with Crippen molar-refractivity contribution in [3.05, 3.63) is 40.1 Å². The number of nitrogens with one attached hydrogen (secondary N) is 1. The first-order valence-corrected chi connectivity index (χ1v) is 6.84. The molecule has 0 saturated carbocycles. The van der Waals surface area contributed by atoms with Crippen LogP contribution < -0.4 is 14.8 Å². The van der Waals surface area contributed by atoms with E-state index < -0.39 is 0 Å². The SMILES string of the molecule is COc1cc(CNCc2ccsc2)cc(OC)c1O. The number of aromatic hydroxyl groups is 1. The van der Waals surface area contributed by atoms with Gasteiger partial charge in [-0.25, -0.2) is 0 Å². The highest BCUT2D eigenvalue weighted by Crippen LogP contribution is 2.36. The van der Waals surface area contributed by atoms with Crippen molar-refractivity contribution in [3.63, 3.8) is 0 Å². The van der Waals surface area contributed by atoms with E-state index >= 15 is 0 Å². The lowest BCUT2D eigenvalue weighted by Gasteiger charge is -2.11. The minimum atomic E-state index is 0.0339. The van der Waals surface area contributed by atoms with Crippen LogP contribution in [0.5, 0.6) is 17.2 Å². The highest BCUT2D eigenvalue weighted by Gasteiger charge is 2.10. The number of phenols is 1. The maximum Gasteiger partial charge on any atom is 0.200 e. The van der Waals surface area contributed by atoms with E-state index in [0.717, 1.165) is 12.1 Å². The van der Waals surface area contributed by atoms with Crippen LogP contribution in [0.4, 0.5) is 0 Å². The molecule has 0 atom stereocenters. The Hall–Kier alpha value is -1.72. The van der Waals surface area contributed by atoms with Gasteiger partial charge < -0.3 is 19.9 Å². The summed E-state index contributed by atoms with van der Waals surface area (Å²) < 4.78 is 10.2. The van der Waals surface area contributed by atoms with Crippen LogP contribution in [0.3, 0.4) is 0 Å². The van der Waals surface area contributed by atoms with Crippen LogP contribution in [-0.2, 0) is 13.1 Å². The average Bonchev–Trinajstić information content (AvgIpc) is 2.93. The summed E-state index contributed by atoms with van der Waals surface area (Å²) >= 11 is 1.69. The normalized spacial score (nSPS) is 10.4. The molecular weight excluding hydrogens is 262 g/mol. The summed E-state index contributed by atoms with van der Waals surface area (Å²) in [4.78, 5) is 0.